The summed E-state index contributed by atoms with van der Waals surface area (Å²) in [5.74, 6) is 1.64. The average molecular weight is 255 g/mol. The van der Waals surface area contributed by atoms with Gasteiger partial charge in [-0.15, -0.1) is 0 Å². The minimum Gasteiger partial charge on any atom is -0.271 e. The van der Waals surface area contributed by atoms with Gasteiger partial charge < -0.3 is 0 Å². The zero-order valence-corrected chi connectivity index (χ0v) is 10.8. The largest absolute Gasteiger partial charge is 0.346 e. The highest BCUT2D eigenvalue weighted by Crippen LogP contribution is 2.32. The molecule has 0 spiro atoms. The van der Waals surface area contributed by atoms with Crippen molar-refractivity contribution >= 4 is 0 Å². The predicted octanol–water partition coefficient (Wildman–Crippen LogP) is 1.99. The molecule has 0 N–H and O–H groups in total. The third kappa shape index (κ3) is 1.82. The van der Waals surface area contributed by atoms with Crippen molar-refractivity contribution < 1.29 is 0 Å². The molecule has 4 heteroatoms. The van der Waals surface area contributed by atoms with E-state index in [9.17, 15) is 4.79 Å². The van der Waals surface area contributed by atoms with Gasteiger partial charge in [0.1, 0.15) is 5.82 Å². The van der Waals surface area contributed by atoms with E-state index in [1.54, 1.807) is 4.68 Å². The standard InChI is InChI=1S/C15H17N3O/c19-15-17(10-11-6-7-11)16-14-9-8-13(18(14)15)12-4-2-1-3-5-12/h1-5,11,13H,6-10H2. The Bertz CT molecular complexity index is 652. The van der Waals surface area contributed by atoms with E-state index in [1.165, 1.54) is 18.4 Å². The second kappa shape index (κ2) is 4.08. The van der Waals surface area contributed by atoms with E-state index in [2.05, 4.69) is 17.2 Å². The molecule has 1 unspecified atom stereocenters. The quantitative estimate of drug-likeness (QED) is 0.841. The maximum Gasteiger partial charge on any atom is 0.346 e. The first-order chi connectivity index (χ1) is 9.33. The molecule has 0 amide bonds. The van der Waals surface area contributed by atoms with E-state index in [0.29, 0.717) is 5.92 Å². The number of aromatic nitrogens is 3. The highest BCUT2D eigenvalue weighted by molar-refractivity contribution is 5.22. The Morgan fingerprint density at radius 3 is 2.68 bits per heavy atom. The fraction of sp³-hybridized carbons (Fsp3) is 0.467. The van der Waals surface area contributed by atoms with Crippen LogP contribution in [0.25, 0.3) is 0 Å². The van der Waals surface area contributed by atoms with Crippen LogP contribution in [0, 0.1) is 5.92 Å². The zero-order chi connectivity index (χ0) is 12.8. The lowest BCUT2D eigenvalue weighted by atomic mass is 10.1. The molecule has 1 saturated carbocycles. The molecule has 2 aliphatic rings. The van der Waals surface area contributed by atoms with Gasteiger partial charge in [-0.3, -0.25) is 4.57 Å². The highest BCUT2D eigenvalue weighted by Gasteiger charge is 2.30. The molecule has 4 rings (SSSR count). The van der Waals surface area contributed by atoms with Crippen molar-refractivity contribution in [3.8, 4) is 0 Å². The minimum absolute atomic E-state index is 0.0771. The van der Waals surface area contributed by atoms with Crippen molar-refractivity contribution in [2.75, 3.05) is 0 Å². The third-order valence-electron chi connectivity index (χ3n) is 4.21. The summed E-state index contributed by atoms with van der Waals surface area (Å²) in [6.45, 7) is 0.806. The summed E-state index contributed by atoms with van der Waals surface area (Å²) in [5, 5.41) is 4.51. The monoisotopic (exact) mass is 255 g/mol. The fourth-order valence-corrected chi connectivity index (χ4v) is 3.00. The molecular weight excluding hydrogens is 238 g/mol. The summed E-state index contributed by atoms with van der Waals surface area (Å²) >= 11 is 0. The molecule has 0 bridgehead atoms. The lowest BCUT2D eigenvalue weighted by Crippen LogP contribution is -2.27. The first-order valence-corrected chi connectivity index (χ1v) is 7.06. The van der Waals surface area contributed by atoms with Gasteiger partial charge in [-0.1, -0.05) is 30.3 Å². The lowest BCUT2D eigenvalue weighted by Gasteiger charge is -2.11. The van der Waals surface area contributed by atoms with Crippen LogP contribution in [0.2, 0.25) is 0 Å². The van der Waals surface area contributed by atoms with Crippen molar-refractivity contribution in [2.24, 2.45) is 5.92 Å². The molecule has 1 fully saturated rings. The molecule has 1 aromatic carbocycles. The lowest BCUT2D eigenvalue weighted by molar-refractivity contribution is 0.509. The molecular formula is C15H17N3O. The van der Waals surface area contributed by atoms with Gasteiger partial charge in [-0.2, -0.15) is 5.10 Å². The molecule has 1 atom stereocenters. The van der Waals surface area contributed by atoms with Crippen LogP contribution in [0.15, 0.2) is 35.1 Å². The summed E-state index contributed by atoms with van der Waals surface area (Å²) in [6, 6.07) is 10.5. The molecule has 1 aliphatic heterocycles. The van der Waals surface area contributed by atoms with Crippen LogP contribution in [0.3, 0.4) is 0 Å². The molecule has 4 nitrogen and oxygen atoms in total. The Morgan fingerprint density at radius 1 is 1.16 bits per heavy atom. The van der Waals surface area contributed by atoms with Crippen LogP contribution in [0.1, 0.15) is 36.7 Å². The van der Waals surface area contributed by atoms with Gasteiger partial charge in [-0.05, 0) is 30.7 Å². The maximum atomic E-state index is 12.5. The van der Waals surface area contributed by atoms with Crippen LogP contribution in [0.4, 0.5) is 0 Å². The number of aryl methyl sites for hydroxylation is 1. The van der Waals surface area contributed by atoms with Gasteiger partial charge in [0.2, 0.25) is 0 Å². The predicted molar refractivity (Wildman–Crippen MR) is 72.1 cm³/mol. The molecule has 0 radical (unpaired) electrons. The third-order valence-corrected chi connectivity index (χ3v) is 4.21. The SMILES string of the molecule is O=c1n(CC2CC2)nc2n1C(c1ccccc1)CC2. The Morgan fingerprint density at radius 2 is 1.95 bits per heavy atom. The molecule has 0 saturated heterocycles. The number of benzene rings is 1. The van der Waals surface area contributed by atoms with E-state index in [1.807, 2.05) is 22.8 Å². The highest BCUT2D eigenvalue weighted by atomic mass is 16.2. The Balaban J connectivity index is 1.73. The van der Waals surface area contributed by atoms with Gasteiger partial charge in [0.25, 0.3) is 0 Å². The maximum absolute atomic E-state index is 12.5. The number of fused-ring (bicyclic) bond motifs is 1. The van der Waals surface area contributed by atoms with Gasteiger partial charge in [-0.25, -0.2) is 9.48 Å². The van der Waals surface area contributed by atoms with Crippen LogP contribution < -0.4 is 5.69 Å². The van der Waals surface area contributed by atoms with Crippen molar-refractivity contribution in [1.29, 1.82) is 0 Å². The van der Waals surface area contributed by atoms with E-state index in [0.717, 1.165) is 25.2 Å². The summed E-state index contributed by atoms with van der Waals surface area (Å²) in [6.07, 6.45) is 4.39. The van der Waals surface area contributed by atoms with Gasteiger partial charge in [0, 0.05) is 13.0 Å². The normalized spacial score (nSPS) is 21.6. The average Bonchev–Trinajstić information content (AvgIpc) is 3.07. The molecule has 1 aliphatic carbocycles. The van der Waals surface area contributed by atoms with Crippen molar-refractivity contribution in [3.63, 3.8) is 0 Å². The summed E-state index contributed by atoms with van der Waals surface area (Å²) < 4.78 is 3.58. The van der Waals surface area contributed by atoms with Crippen molar-refractivity contribution in [2.45, 2.75) is 38.3 Å². The Hall–Kier alpha value is -1.84. The Kier molecular flexibility index (Phi) is 2.37. The number of rotatable bonds is 3. The van der Waals surface area contributed by atoms with Gasteiger partial charge >= 0.3 is 5.69 Å². The van der Waals surface area contributed by atoms with Crippen LogP contribution in [-0.2, 0) is 13.0 Å². The summed E-state index contributed by atoms with van der Waals surface area (Å²) in [7, 11) is 0. The van der Waals surface area contributed by atoms with E-state index >= 15 is 0 Å². The van der Waals surface area contributed by atoms with E-state index in [-0.39, 0.29) is 11.7 Å². The molecule has 2 aromatic rings. The molecule has 2 heterocycles. The second-order valence-corrected chi connectivity index (χ2v) is 5.66. The van der Waals surface area contributed by atoms with Crippen LogP contribution in [0.5, 0.6) is 0 Å². The molecule has 19 heavy (non-hydrogen) atoms. The van der Waals surface area contributed by atoms with Crippen LogP contribution >= 0.6 is 0 Å². The molecule has 98 valence electrons. The smallest absolute Gasteiger partial charge is 0.271 e. The first kappa shape index (κ1) is 11.0. The topological polar surface area (TPSA) is 39.8 Å². The summed E-state index contributed by atoms with van der Waals surface area (Å²) in [4.78, 5) is 12.5. The van der Waals surface area contributed by atoms with E-state index in [4.69, 9.17) is 0 Å². The molecule has 1 aromatic heterocycles. The first-order valence-electron chi connectivity index (χ1n) is 7.06. The summed E-state index contributed by atoms with van der Waals surface area (Å²) in [5.41, 5.74) is 1.29. The van der Waals surface area contributed by atoms with Gasteiger partial charge in [0.05, 0.1) is 6.04 Å². The number of hydrogen-bond acceptors (Lipinski definition) is 2. The zero-order valence-electron chi connectivity index (χ0n) is 10.8. The van der Waals surface area contributed by atoms with E-state index < -0.39 is 0 Å². The van der Waals surface area contributed by atoms with Crippen LogP contribution in [-0.4, -0.2) is 14.3 Å². The number of nitrogens with zero attached hydrogens (tertiary/aromatic N) is 3. The van der Waals surface area contributed by atoms with Crippen molar-refractivity contribution in [3.05, 3.63) is 52.2 Å². The second-order valence-electron chi connectivity index (χ2n) is 5.66. The minimum atomic E-state index is 0.0771. The fourth-order valence-electron chi connectivity index (χ4n) is 3.00. The Labute approximate surface area is 111 Å². The van der Waals surface area contributed by atoms with Crippen molar-refractivity contribution in [1.82, 2.24) is 14.3 Å². The number of hydrogen-bond donors (Lipinski definition) is 0. The van der Waals surface area contributed by atoms with Gasteiger partial charge in [0.15, 0.2) is 0 Å².